The second-order valence-corrected chi connectivity index (χ2v) is 11.6. The fourth-order valence-electron chi connectivity index (χ4n) is 5.65. The number of hydrogen-bond acceptors (Lipinski definition) is 6. The van der Waals surface area contributed by atoms with Gasteiger partial charge in [0, 0.05) is 37.5 Å². The maximum Gasteiger partial charge on any atom is 0.253 e. The molecular weight excluding hydrogens is 473 g/mol. The number of carbonyl (C=O) groups is 1. The number of halogens is 3. The molecule has 0 bridgehead atoms. The molecule has 3 aliphatic rings. The summed E-state index contributed by atoms with van der Waals surface area (Å²) in [6.07, 6.45) is 3.69. The summed E-state index contributed by atoms with van der Waals surface area (Å²) in [6.45, 7) is 7.01. The fraction of sp³-hybridized carbons (Fsp3) is 0.800. The lowest BCUT2D eigenvalue weighted by molar-refractivity contribution is -0.146. The monoisotopic (exact) mass is 508 g/mol. The Morgan fingerprint density at radius 1 is 1.25 bits per heavy atom. The molecule has 2 aromatic rings. The lowest BCUT2D eigenvalue weighted by Gasteiger charge is -2.40. The number of alkyl halides is 3. The van der Waals surface area contributed by atoms with Crippen molar-refractivity contribution in [3.63, 3.8) is 0 Å². The van der Waals surface area contributed by atoms with E-state index in [1.165, 1.54) is 0 Å². The Balaban J connectivity index is 1.23. The van der Waals surface area contributed by atoms with Crippen molar-refractivity contribution in [3.05, 3.63) is 23.6 Å². The molecule has 2 saturated carbocycles. The highest BCUT2D eigenvalue weighted by atomic mass is 19.3. The topological polar surface area (TPSA) is 89.9 Å². The summed E-state index contributed by atoms with van der Waals surface area (Å²) in [5, 5.41) is 12.4. The van der Waals surface area contributed by atoms with Gasteiger partial charge in [-0.2, -0.15) is 4.98 Å². The Morgan fingerprint density at radius 3 is 2.64 bits per heavy atom. The predicted octanol–water partition coefficient (Wildman–Crippen LogP) is 4.63. The van der Waals surface area contributed by atoms with Gasteiger partial charge in [-0.25, -0.2) is 17.9 Å². The van der Waals surface area contributed by atoms with Crippen molar-refractivity contribution in [1.29, 1.82) is 0 Å². The minimum atomic E-state index is -2.94. The second-order valence-electron chi connectivity index (χ2n) is 11.6. The lowest BCUT2D eigenvalue weighted by atomic mass is 9.77. The van der Waals surface area contributed by atoms with Gasteiger partial charge in [0.2, 0.25) is 11.8 Å². The van der Waals surface area contributed by atoms with E-state index in [1.807, 2.05) is 6.92 Å². The first kappa shape index (κ1) is 25.2. The standard InChI is InChI=1S/C25H35F3N6O2/c1-15(2)11-16-14-34(32-30-16)20-5-4-6-25(27,28)18(20)13-21(35)33-9-7-24(3,8-10-33)23-29-22(36-31-23)17-12-19(17)26/h14-15,17-20H,4-13H2,1-3H3/t17-,18-,19+,20+/m1/s1. The molecule has 3 fully saturated rings. The first-order valence-electron chi connectivity index (χ1n) is 13.1. The number of hydrogen-bond donors (Lipinski definition) is 0. The third kappa shape index (κ3) is 5.02. The van der Waals surface area contributed by atoms with Crippen LogP contribution in [0.2, 0.25) is 0 Å². The van der Waals surface area contributed by atoms with Gasteiger partial charge in [-0.05, 0) is 44.4 Å². The first-order valence-corrected chi connectivity index (χ1v) is 13.1. The largest absolute Gasteiger partial charge is 0.343 e. The molecule has 3 heterocycles. The average molecular weight is 509 g/mol. The molecule has 5 rings (SSSR count). The summed E-state index contributed by atoms with van der Waals surface area (Å²) < 4.78 is 50.4. The van der Waals surface area contributed by atoms with Crippen molar-refractivity contribution in [1.82, 2.24) is 30.0 Å². The normalized spacial score (nSPS) is 29.5. The molecule has 0 radical (unpaired) electrons. The molecule has 4 atom stereocenters. The molecule has 1 saturated heterocycles. The molecule has 0 spiro atoms. The van der Waals surface area contributed by atoms with Crippen LogP contribution in [0.15, 0.2) is 10.7 Å². The van der Waals surface area contributed by atoms with Crippen molar-refractivity contribution in [2.45, 2.75) is 102 Å². The minimum Gasteiger partial charge on any atom is -0.343 e. The highest BCUT2D eigenvalue weighted by molar-refractivity contribution is 5.76. The van der Waals surface area contributed by atoms with E-state index in [0.717, 1.165) is 12.1 Å². The molecule has 0 N–H and O–H groups in total. The Labute approximate surface area is 209 Å². The highest BCUT2D eigenvalue weighted by Crippen LogP contribution is 2.47. The van der Waals surface area contributed by atoms with Gasteiger partial charge in [-0.1, -0.05) is 31.1 Å². The number of piperidine rings is 1. The summed E-state index contributed by atoms with van der Waals surface area (Å²) in [6, 6.07) is -0.555. The Bertz CT molecular complexity index is 1080. The maximum atomic E-state index is 15.1. The molecule has 2 aliphatic carbocycles. The van der Waals surface area contributed by atoms with Gasteiger partial charge in [0.1, 0.15) is 6.17 Å². The maximum absolute atomic E-state index is 15.1. The zero-order valence-corrected chi connectivity index (χ0v) is 21.2. The third-order valence-corrected chi connectivity index (χ3v) is 8.16. The molecule has 1 aliphatic heterocycles. The van der Waals surface area contributed by atoms with Crippen LogP contribution in [0.5, 0.6) is 0 Å². The van der Waals surface area contributed by atoms with Crippen LogP contribution >= 0.6 is 0 Å². The Hall–Kier alpha value is -2.46. The van der Waals surface area contributed by atoms with Crippen LogP contribution in [0.4, 0.5) is 13.2 Å². The number of nitrogens with zero attached hydrogens (tertiary/aromatic N) is 6. The molecule has 0 unspecified atom stereocenters. The fourth-order valence-corrected chi connectivity index (χ4v) is 5.65. The van der Waals surface area contributed by atoms with Gasteiger partial charge in [0.25, 0.3) is 5.92 Å². The van der Waals surface area contributed by atoms with E-state index in [0.29, 0.717) is 62.8 Å². The number of rotatable bonds is 7. The third-order valence-electron chi connectivity index (χ3n) is 8.16. The second kappa shape index (κ2) is 9.45. The van der Waals surface area contributed by atoms with Gasteiger partial charge in [0.05, 0.1) is 23.6 Å². The van der Waals surface area contributed by atoms with Gasteiger partial charge in [-0.15, -0.1) is 5.10 Å². The Morgan fingerprint density at radius 2 is 1.97 bits per heavy atom. The zero-order valence-electron chi connectivity index (χ0n) is 21.2. The predicted molar refractivity (Wildman–Crippen MR) is 124 cm³/mol. The SMILES string of the molecule is CC(C)Cc1cn([C@H]2CCCC(F)(F)[C@@H]2CC(=O)N2CCC(C)(c3noc([C@@H]4C[C@@H]4F)n3)CC2)nn1. The van der Waals surface area contributed by atoms with E-state index in [1.54, 1.807) is 15.8 Å². The first-order chi connectivity index (χ1) is 17.1. The molecular formula is C25H35F3N6O2. The average Bonchev–Trinajstić information content (AvgIpc) is 3.19. The summed E-state index contributed by atoms with van der Waals surface area (Å²) in [5.41, 5.74) is 0.386. The number of aromatic nitrogens is 5. The smallest absolute Gasteiger partial charge is 0.253 e. The zero-order chi connectivity index (χ0) is 25.7. The number of amides is 1. The van der Waals surface area contributed by atoms with Crippen LogP contribution in [0.3, 0.4) is 0 Å². The number of carbonyl (C=O) groups excluding carboxylic acids is 1. The van der Waals surface area contributed by atoms with Crippen LogP contribution in [-0.2, 0) is 16.6 Å². The van der Waals surface area contributed by atoms with Crippen molar-refractivity contribution in [2.75, 3.05) is 13.1 Å². The van der Waals surface area contributed by atoms with Gasteiger partial charge in [-0.3, -0.25) is 4.79 Å². The molecule has 8 nitrogen and oxygen atoms in total. The van der Waals surface area contributed by atoms with E-state index in [2.05, 4.69) is 34.3 Å². The molecule has 11 heteroatoms. The minimum absolute atomic E-state index is 0.214. The summed E-state index contributed by atoms with van der Waals surface area (Å²) in [5.74, 6) is -3.36. The highest BCUT2D eigenvalue weighted by Gasteiger charge is 2.50. The number of likely N-dealkylation sites (tertiary alicyclic amines) is 1. The summed E-state index contributed by atoms with van der Waals surface area (Å²) in [7, 11) is 0. The van der Waals surface area contributed by atoms with Crippen LogP contribution in [0, 0.1) is 11.8 Å². The Kier molecular flexibility index (Phi) is 6.61. The molecule has 1 amide bonds. The van der Waals surface area contributed by atoms with E-state index < -0.39 is 29.5 Å². The van der Waals surface area contributed by atoms with E-state index >= 15 is 8.78 Å². The lowest BCUT2D eigenvalue weighted by Crippen LogP contribution is -2.47. The van der Waals surface area contributed by atoms with Crippen LogP contribution in [-0.4, -0.2) is 61.1 Å². The van der Waals surface area contributed by atoms with E-state index in [-0.39, 0.29) is 24.7 Å². The van der Waals surface area contributed by atoms with Gasteiger partial charge in [0.15, 0.2) is 5.82 Å². The summed E-state index contributed by atoms with van der Waals surface area (Å²) >= 11 is 0. The molecule has 198 valence electrons. The molecule has 36 heavy (non-hydrogen) atoms. The van der Waals surface area contributed by atoms with Gasteiger partial charge >= 0.3 is 0 Å². The van der Waals surface area contributed by atoms with E-state index in [4.69, 9.17) is 4.52 Å². The van der Waals surface area contributed by atoms with E-state index in [9.17, 15) is 9.18 Å². The van der Waals surface area contributed by atoms with Crippen molar-refractivity contribution >= 4 is 5.91 Å². The molecule has 0 aromatic carbocycles. The van der Waals surface area contributed by atoms with Crippen LogP contribution in [0.1, 0.15) is 95.1 Å². The summed E-state index contributed by atoms with van der Waals surface area (Å²) in [4.78, 5) is 19.3. The van der Waals surface area contributed by atoms with Crippen LogP contribution < -0.4 is 0 Å². The van der Waals surface area contributed by atoms with Crippen molar-refractivity contribution in [3.8, 4) is 0 Å². The van der Waals surface area contributed by atoms with Crippen molar-refractivity contribution in [2.24, 2.45) is 11.8 Å². The van der Waals surface area contributed by atoms with Gasteiger partial charge < -0.3 is 9.42 Å². The van der Waals surface area contributed by atoms with Crippen LogP contribution in [0.25, 0.3) is 0 Å². The molecule has 2 aromatic heterocycles. The quantitative estimate of drug-likeness (QED) is 0.542. The van der Waals surface area contributed by atoms with Crippen molar-refractivity contribution < 1.29 is 22.5 Å².